The maximum Gasteiger partial charge on any atom is 0.294 e. The highest BCUT2D eigenvalue weighted by atomic mass is 16.4. The molecule has 1 fully saturated rings. The van der Waals surface area contributed by atoms with Crippen molar-refractivity contribution in [1.82, 2.24) is 9.88 Å². The van der Waals surface area contributed by atoms with E-state index in [9.17, 15) is 0 Å². The fourth-order valence-corrected chi connectivity index (χ4v) is 2.42. The predicted octanol–water partition coefficient (Wildman–Crippen LogP) is 2.04. The number of rotatable bonds is 4. The molecule has 0 radical (unpaired) electrons. The second kappa shape index (κ2) is 5.96. The first-order chi connectivity index (χ1) is 9.81. The monoisotopic (exact) mass is 272 g/mol. The van der Waals surface area contributed by atoms with Gasteiger partial charge in [0.05, 0.1) is 6.20 Å². The molecule has 0 spiro atoms. The predicted molar refractivity (Wildman–Crippen MR) is 80.0 cm³/mol. The minimum absolute atomic E-state index is 0.565. The van der Waals surface area contributed by atoms with Crippen molar-refractivity contribution in [2.75, 3.05) is 43.4 Å². The van der Waals surface area contributed by atoms with Crippen molar-refractivity contribution in [3.63, 3.8) is 0 Å². The van der Waals surface area contributed by atoms with E-state index in [0.717, 1.165) is 32.7 Å². The molecule has 106 valence electrons. The highest BCUT2D eigenvalue weighted by Crippen LogP contribution is 2.18. The molecule has 1 aromatic carbocycles. The summed E-state index contributed by atoms with van der Waals surface area (Å²) < 4.78 is 5.18. The summed E-state index contributed by atoms with van der Waals surface area (Å²) in [5.41, 5.74) is 2.53. The normalized spacial score (nSPS) is 16.4. The molecule has 0 saturated carbocycles. The van der Waals surface area contributed by atoms with Crippen LogP contribution in [0.4, 0.5) is 11.7 Å². The number of hydrogen-bond donors (Lipinski definition) is 1. The summed E-state index contributed by atoms with van der Waals surface area (Å²) in [6, 6.07) is 9.21. The lowest BCUT2D eigenvalue weighted by molar-refractivity contribution is 0.313. The molecule has 5 heteroatoms. The minimum atomic E-state index is 0.565. The largest absolute Gasteiger partial charge is 0.432 e. The molecule has 1 aliphatic rings. The zero-order chi connectivity index (χ0) is 13.8. The molecule has 3 rings (SSSR count). The number of likely N-dealkylation sites (N-methyl/N-ethyl adjacent to an activating group) is 1. The van der Waals surface area contributed by atoms with E-state index in [-0.39, 0.29) is 0 Å². The van der Waals surface area contributed by atoms with Crippen LogP contribution < -0.4 is 10.2 Å². The second-order valence-corrected chi connectivity index (χ2v) is 5.15. The molecule has 0 aliphatic carbocycles. The summed E-state index contributed by atoms with van der Waals surface area (Å²) in [6.45, 7) is 5.15. The van der Waals surface area contributed by atoms with Crippen molar-refractivity contribution in [3.8, 4) is 0 Å². The number of piperazine rings is 1. The van der Waals surface area contributed by atoms with Crippen LogP contribution >= 0.6 is 0 Å². The van der Waals surface area contributed by atoms with Crippen molar-refractivity contribution in [2.45, 2.75) is 6.54 Å². The molecular formula is C15H20N4O. The Morgan fingerprint density at radius 3 is 2.85 bits per heavy atom. The number of anilines is 2. The van der Waals surface area contributed by atoms with Crippen molar-refractivity contribution < 1.29 is 4.42 Å². The number of nitrogens with zero attached hydrogens (tertiary/aromatic N) is 3. The van der Waals surface area contributed by atoms with Crippen LogP contribution in [0.25, 0.3) is 0 Å². The summed E-state index contributed by atoms with van der Waals surface area (Å²) in [5.74, 6) is 0. The number of hydrogen-bond acceptors (Lipinski definition) is 5. The van der Waals surface area contributed by atoms with Crippen LogP contribution in [-0.4, -0.2) is 43.1 Å². The molecule has 2 aromatic rings. The van der Waals surface area contributed by atoms with Gasteiger partial charge in [-0.05, 0) is 24.7 Å². The molecule has 0 unspecified atom stereocenters. The zero-order valence-corrected chi connectivity index (χ0v) is 11.7. The first-order valence-electron chi connectivity index (χ1n) is 6.97. The minimum Gasteiger partial charge on any atom is -0.432 e. The highest BCUT2D eigenvalue weighted by Gasteiger charge is 2.14. The van der Waals surface area contributed by atoms with Gasteiger partial charge in [-0.1, -0.05) is 12.1 Å². The van der Waals surface area contributed by atoms with Gasteiger partial charge in [0.2, 0.25) is 0 Å². The van der Waals surface area contributed by atoms with E-state index in [4.69, 9.17) is 4.42 Å². The quantitative estimate of drug-likeness (QED) is 0.922. The standard InChI is InChI=1S/C15H20N4O/c1-18-6-8-19(9-7-18)14-4-2-3-13(11-14)12-17-15-16-5-10-20-15/h2-5,10-11H,6-9,12H2,1H3,(H,16,17). The van der Waals surface area contributed by atoms with Gasteiger partial charge in [0.1, 0.15) is 6.26 Å². The highest BCUT2D eigenvalue weighted by molar-refractivity contribution is 5.49. The maximum absolute atomic E-state index is 5.18. The van der Waals surface area contributed by atoms with Crippen LogP contribution in [0.2, 0.25) is 0 Å². The van der Waals surface area contributed by atoms with Gasteiger partial charge in [-0.15, -0.1) is 0 Å². The van der Waals surface area contributed by atoms with Gasteiger partial charge in [0.25, 0.3) is 6.01 Å². The Balaban J connectivity index is 1.63. The van der Waals surface area contributed by atoms with Gasteiger partial charge in [0, 0.05) is 38.4 Å². The molecule has 1 aliphatic heterocycles. The van der Waals surface area contributed by atoms with Crippen molar-refractivity contribution in [1.29, 1.82) is 0 Å². The van der Waals surface area contributed by atoms with Crippen molar-refractivity contribution in [2.24, 2.45) is 0 Å². The van der Waals surface area contributed by atoms with E-state index in [2.05, 4.69) is 51.4 Å². The molecule has 0 atom stereocenters. The molecule has 0 bridgehead atoms. The topological polar surface area (TPSA) is 44.5 Å². The van der Waals surface area contributed by atoms with Crippen LogP contribution in [0.15, 0.2) is 41.1 Å². The van der Waals surface area contributed by atoms with E-state index in [1.54, 1.807) is 12.5 Å². The lowest BCUT2D eigenvalue weighted by Crippen LogP contribution is -2.44. The van der Waals surface area contributed by atoms with E-state index in [1.807, 2.05) is 0 Å². The Labute approximate surface area is 119 Å². The third-order valence-electron chi connectivity index (χ3n) is 3.66. The van der Waals surface area contributed by atoms with Crippen LogP contribution in [0, 0.1) is 0 Å². The van der Waals surface area contributed by atoms with Gasteiger partial charge >= 0.3 is 0 Å². The fourth-order valence-electron chi connectivity index (χ4n) is 2.42. The molecule has 1 saturated heterocycles. The average Bonchev–Trinajstić information content (AvgIpc) is 3.00. The molecule has 1 N–H and O–H groups in total. The Morgan fingerprint density at radius 1 is 1.25 bits per heavy atom. The maximum atomic E-state index is 5.18. The summed E-state index contributed by atoms with van der Waals surface area (Å²) in [5, 5.41) is 3.17. The average molecular weight is 272 g/mol. The fraction of sp³-hybridized carbons (Fsp3) is 0.400. The Morgan fingerprint density at radius 2 is 2.10 bits per heavy atom. The SMILES string of the molecule is CN1CCN(c2cccc(CNc3ncco3)c2)CC1. The van der Waals surface area contributed by atoms with Crippen molar-refractivity contribution in [3.05, 3.63) is 42.3 Å². The molecule has 5 nitrogen and oxygen atoms in total. The van der Waals surface area contributed by atoms with E-state index in [0.29, 0.717) is 6.01 Å². The Kier molecular flexibility index (Phi) is 3.87. The van der Waals surface area contributed by atoms with Gasteiger partial charge in [-0.3, -0.25) is 0 Å². The lowest BCUT2D eigenvalue weighted by atomic mass is 10.1. The summed E-state index contributed by atoms with van der Waals surface area (Å²) in [6.07, 6.45) is 3.21. The van der Waals surface area contributed by atoms with Gasteiger partial charge in [-0.25, -0.2) is 4.98 Å². The van der Waals surface area contributed by atoms with E-state index in [1.165, 1.54) is 11.3 Å². The summed E-state index contributed by atoms with van der Waals surface area (Å²) in [7, 11) is 2.17. The lowest BCUT2D eigenvalue weighted by Gasteiger charge is -2.34. The number of benzene rings is 1. The molecule has 20 heavy (non-hydrogen) atoms. The number of oxazole rings is 1. The smallest absolute Gasteiger partial charge is 0.294 e. The molecular weight excluding hydrogens is 252 g/mol. The van der Waals surface area contributed by atoms with E-state index >= 15 is 0 Å². The third-order valence-corrected chi connectivity index (χ3v) is 3.66. The number of aromatic nitrogens is 1. The van der Waals surface area contributed by atoms with Crippen LogP contribution in [0.5, 0.6) is 0 Å². The molecule has 1 aromatic heterocycles. The van der Waals surface area contributed by atoms with Gasteiger partial charge < -0.3 is 19.5 Å². The van der Waals surface area contributed by atoms with Gasteiger partial charge in [0.15, 0.2) is 0 Å². The molecule has 0 amide bonds. The zero-order valence-electron chi connectivity index (χ0n) is 11.7. The van der Waals surface area contributed by atoms with Crippen molar-refractivity contribution >= 4 is 11.7 Å². The van der Waals surface area contributed by atoms with Crippen LogP contribution in [-0.2, 0) is 6.54 Å². The summed E-state index contributed by atoms with van der Waals surface area (Å²) in [4.78, 5) is 8.86. The Hall–Kier alpha value is -2.01. The molecule has 2 heterocycles. The first-order valence-corrected chi connectivity index (χ1v) is 6.97. The van der Waals surface area contributed by atoms with Crippen LogP contribution in [0.3, 0.4) is 0 Å². The first kappa shape index (κ1) is 13.0. The Bertz CT molecular complexity index is 533. The third kappa shape index (κ3) is 3.11. The number of nitrogens with one attached hydrogen (secondary N) is 1. The second-order valence-electron chi connectivity index (χ2n) is 5.15. The van der Waals surface area contributed by atoms with Gasteiger partial charge in [-0.2, -0.15) is 0 Å². The summed E-state index contributed by atoms with van der Waals surface area (Å²) >= 11 is 0. The van der Waals surface area contributed by atoms with E-state index < -0.39 is 0 Å². The van der Waals surface area contributed by atoms with Crippen LogP contribution in [0.1, 0.15) is 5.56 Å².